The zero-order valence-electron chi connectivity index (χ0n) is 17.4. The summed E-state index contributed by atoms with van der Waals surface area (Å²) in [5.74, 6) is 0.647. The SMILES string of the molecule is CN1C2CCC1CC(N1CCN(C(=O)C3CCc4ccccc4CC3)CC1)C2. The number of fused-ring (bicyclic) bond motifs is 3. The van der Waals surface area contributed by atoms with E-state index >= 15 is 0 Å². The average molecular weight is 382 g/mol. The Bertz CT molecular complexity index is 671. The number of piperazine rings is 1. The first-order chi connectivity index (χ1) is 13.7. The number of carbonyl (C=O) groups excluding carboxylic acids is 1. The van der Waals surface area contributed by atoms with E-state index in [1.807, 2.05) is 0 Å². The van der Waals surface area contributed by atoms with Gasteiger partial charge in [-0.1, -0.05) is 24.3 Å². The molecule has 0 N–H and O–H groups in total. The molecule has 4 aliphatic rings. The Morgan fingerprint density at radius 1 is 0.821 bits per heavy atom. The van der Waals surface area contributed by atoms with E-state index < -0.39 is 0 Å². The standard InChI is InChI=1S/C24H35N3O/c1-25-21-10-11-22(25)17-23(16-21)26-12-14-27(15-13-26)24(28)20-8-6-18-4-2-3-5-19(18)7-9-20/h2-5,20-23H,6-17H2,1H3. The highest BCUT2D eigenvalue weighted by molar-refractivity contribution is 5.79. The maximum atomic E-state index is 13.2. The minimum absolute atomic E-state index is 0.220. The first-order valence-electron chi connectivity index (χ1n) is 11.5. The van der Waals surface area contributed by atoms with E-state index in [9.17, 15) is 4.79 Å². The van der Waals surface area contributed by atoms with E-state index in [0.29, 0.717) is 5.91 Å². The number of hydrogen-bond acceptors (Lipinski definition) is 3. The van der Waals surface area contributed by atoms with Crippen molar-refractivity contribution in [2.75, 3.05) is 33.2 Å². The van der Waals surface area contributed by atoms with Gasteiger partial charge in [0.1, 0.15) is 0 Å². The topological polar surface area (TPSA) is 26.8 Å². The lowest BCUT2D eigenvalue weighted by atomic mass is 9.95. The van der Waals surface area contributed by atoms with E-state index in [0.717, 1.165) is 70.0 Å². The van der Waals surface area contributed by atoms with Crippen molar-refractivity contribution in [3.8, 4) is 0 Å². The molecule has 28 heavy (non-hydrogen) atoms. The van der Waals surface area contributed by atoms with Gasteiger partial charge in [-0.2, -0.15) is 0 Å². The lowest BCUT2D eigenvalue weighted by Crippen LogP contribution is -2.56. The summed E-state index contributed by atoms with van der Waals surface area (Å²) in [5.41, 5.74) is 2.92. The van der Waals surface area contributed by atoms with Crippen LogP contribution < -0.4 is 0 Å². The summed E-state index contributed by atoms with van der Waals surface area (Å²) in [6.07, 6.45) is 9.61. The summed E-state index contributed by atoms with van der Waals surface area (Å²) in [5, 5.41) is 0. The number of amides is 1. The lowest BCUT2D eigenvalue weighted by molar-refractivity contribution is -0.138. The molecule has 1 amide bonds. The Kier molecular flexibility index (Phi) is 5.18. The molecule has 3 fully saturated rings. The molecule has 2 atom stereocenters. The molecule has 4 heteroatoms. The van der Waals surface area contributed by atoms with E-state index in [1.165, 1.54) is 36.8 Å². The second-order valence-corrected chi connectivity index (χ2v) is 9.58. The van der Waals surface area contributed by atoms with Crippen LogP contribution in [0, 0.1) is 5.92 Å². The van der Waals surface area contributed by atoms with Crippen molar-refractivity contribution in [3.63, 3.8) is 0 Å². The number of rotatable bonds is 2. The van der Waals surface area contributed by atoms with Gasteiger partial charge in [-0.15, -0.1) is 0 Å². The van der Waals surface area contributed by atoms with Gasteiger partial charge in [-0.25, -0.2) is 0 Å². The monoisotopic (exact) mass is 381 g/mol. The van der Waals surface area contributed by atoms with E-state index in [-0.39, 0.29) is 5.92 Å². The highest BCUT2D eigenvalue weighted by atomic mass is 16.2. The van der Waals surface area contributed by atoms with Gasteiger partial charge in [0.05, 0.1) is 0 Å². The van der Waals surface area contributed by atoms with Crippen LogP contribution in [0.1, 0.15) is 49.7 Å². The molecule has 2 bridgehead atoms. The molecular weight excluding hydrogens is 346 g/mol. The van der Waals surface area contributed by atoms with Crippen molar-refractivity contribution in [2.24, 2.45) is 5.92 Å². The van der Waals surface area contributed by atoms with Crippen LogP contribution in [-0.4, -0.2) is 72.0 Å². The second-order valence-electron chi connectivity index (χ2n) is 9.58. The molecule has 5 rings (SSSR count). The second kappa shape index (κ2) is 7.79. The lowest BCUT2D eigenvalue weighted by Gasteiger charge is -2.45. The van der Waals surface area contributed by atoms with Gasteiger partial charge in [0.15, 0.2) is 0 Å². The first-order valence-corrected chi connectivity index (χ1v) is 11.5. The van der Waals surface area contributed by atoms with Crippen molar-refractivity contribution in [3.05, 3.63) is 35.4 Å². The van der Waals surface area contributed by atoms with Gasteiger partial charge in [0.2, 0.25) is 5.91 Å². The van der Waals surface area contributed by atoms with E-state index in [4.69, 9.17) is 0 Å². The van der Waals surface area contributed by atoms with E-state index in [2.05, 4.69) is 46.0 Å². The molecule has 0 saturated carbocycles. The molecule has 4 nitrogen and oxygen atoms in total. The van der Waals surface area contributed by atoms with Crippen molar-refractivity contribution in [2.45, 2.75) is 69.5 Å². The zero-order chi connectivity index (χ0) is 19.1. The number of aryl methyl sites for hydroxylation is 2. The van der Waals surface area contributed by atoms with Crippen molar-refractivity contribution in [1.29, 1.82) is 0 Å². The summed E-state index contributed by atoms with van der Waals surface area (Å²) < 4.78 is 0. The predicted octanol–water partition coefficient (Wildman–Crippen LogP) is 2.95. The Morgan fingerprint density at radius 2 is 1.39 bits per heavy atom. The smallest absolute Gasteiger partial charge is 0.225 e. The minimum Gasteiger partial charge on any atom is -0.340 e. The highest BCUT2D eigenvalue weighted by Crippen LogP contribution is 2.36. The molecule has 1 aliphatic carbocycles. The molecule has 2 unspecified atom stereocenters. The Morgan fingerprint density at radius 3 is 1.96 bits per heavy atom. The van der Waals surface area contributed by atoms with Crippen molar-refractivity contribution >= 4 is 5.91 Å². The van der Waals surface area contributed by atoms with Crippen LogP contribution in [-0.2, 0) is 17.6 Å². The van der Waals surface area contributed by atoms with Crippen LogP contribution >= 0.6 is 0 Å². The average Bonchev–Trinajstić information content (AvgIpc) is 2.94. The highest BCUT2D eigenvalue weighted by Gasteiger charge is 2.41. The van der Waals surface area contributed by atoms with Crippen LogP contribution in [0.4, 0.5) is 0 Å². The minimum atomic E-state index is 0.220. The van der Waals surface area contributed by atoms with Gasteiger partial charge in [-0.3, -0.25) is 9.69 Å². The molecule has 0 radical (unpaired) electrons. The molecule has 0 aromatic heterocycles. The first kappa shape index (κ1) is 18.6. The zero-order valence-corrected chi connectivity index (χ0v) is 17.4. The maximum absolute atomic E-state index is 13.2. The molecule has 152 valence electrons. The Hall–Kier alpha value is -1.39. The van der Waals surface area contributed by atoms with Gasteiger partial charge in [0.25, 0.3) is 0 Å². The number of nitrogens with zero attached hydrogens (tertiary/aromatic N) is 3. The van der Waals surface area contributed by atoms with Gasteiger partial charge in [0, 0.05) is 50.2 Å². The van der Waals surface area contributed by atoms with Crippen LogP contribution in [0.3, 0.4) is 0 Å². The van der Waals surface area contributed by atoms with Gasteiger partial charge >= 0.3 is 0 Å². The van der Waals surface area contributed by atoms with Crippen LogP contribution in [0.25, 0.3) is 0 Å². The van der Waals surface area contributed by atoms with Crippen LogP contribution in [0.15, 0.2) is 24.3 Å². The molecule has 1 aromatic rings. The fraction of sp³-hybridized carbons (Fsp3) is 0.708. The third-order valence-corrected chi connectivity index (χ3v) is 8.21. The number of benzene rings is 1. The largest absolute Gasteiger partial charge is 0.340 e. The molecular formula is C24H35N3O. The third-order valence-electron chi connectivity index (χ3n) is 8.21. The molecule has 3 aliphatic heterocycles. The normalized spacial score (nSPS) is 32.2. The van der Waals surface area contributed by atoms with Gasteiger partial charge in [-0.05, 0) is 69.5 Å². The van der Waals surface area contributed by atoms with Crippen LogP contribution in [0.5, 0.6) is 0 Å². The number of carbonyl (C=O) groups is 1. The summed E-state index contributed by atoms with van der Waals surface area (Å²) in [4.78, 5) is 20.7. The molecule has 3 saturated heterocycles. The Balaban J connectivity index is 1.15. The Labute approximate surface area is 169 Å². The van der Waals surface area contributed by atoms with Gasteiger partial charge < -0.3 is 9.80 Å². The van der Waals surface area contributed by atoms with E-state index in [1.54, 1.807) is 0 Å². The van der Waals surface area contributed by atoms with Crippen molar-refractivity contribution < 1.29 is 4.79 Å². The summed E-state index contributed by atoms with van der Waals surface area (Å²) >= 11 is 0. The van der Waals surface area contributed by atoms with Crippen molar-refractivity contribution in [1.82, 2.24) is 14.7 Å². The number of hydrogen-bond donors (Lipinski definition) is 0. The molecule has 3 heterocycles. The maximum Gasteiger partial charge on any atom is 0.225 e. The fourth-order valence-corrected chi connectivity index (χ4v) is 6.34. The summed E-state index contributed by atoms with van der Waals surface area (Å²) in [6, 6.07) is 11.1. The predicted molar refractivity (Wildman–Crippen MR) is 112 cm³/mol. The summed E-state index contributed by atoms with van der Waals surface area (Å²) in [7, 11) is 2.32. The number of piperidine rings is 1. The quantitative estimate of drug-likeness (QED) is 0.737. The molecule has 0 spiro atoms. The van der Waals surface area contributed by atoms with Crippen LogP contribution in [0.2, 0.25) is 0 Å². The third kappa shape index (κ3) is 3.50. The molecule has 1 aromatic carbocycles. The fourth-order valence-electron chi connectivity index (χ4n) is 6.34. The summed E-state index contributed by atoms with van der Waals surface area (Å²) in [6.45, 7) is 4.02.